The normalized spacial score (nSPS) is 16.9. The number of rotatable bonds is 7. The zero-order valence-corrected chi connectivity index (χ0v) is 20.1. The molecule has 1 atom stereocenters. The number of aliphatic hydroxyl groups is 1. The minimum absolute atomic E-state index is 0.106. The first-order valence-electron chi connectivity index (χ1n) is 11.5. The number of aromatic hydroxyl groups is 1. The maximum absolute atomic E-state index is 13.9. The number of hydrogen-bond acceptors (Lipinski definition) is 6. The Morgan fingerprint density at radius 1 is 1.00 bits per heavy atom. The number of ether oxygens (including phenoxy) is 2. The van der Waals surface area contributed by atoms with Crippen molar-refractivity contribution in [3.8, 4) is 17.2 Å². The monoisotopic (exact) mass is 491 g/mol. The standard InChI is InChI=1S/C28H26FNO6/c1-4-35-20-8-6-7-19(15-20)30-25(17-10-12-22(31)23(14-17)36-5-2)24(27(33)28(30)34)26(32)18-9-11-21(29)16(3)13-18/h6-15,25,31-32H,4-5H2,1-3H3/b26-24-. The van der Waals surface area contributed by atoms with Crippen LogP contribution in [0.3, 0.4) is 0 Å². The lowest BCUT2D eigenvalue weighted by atomic mass is 9.94. The van der Waals surface area contributed by atoms with Gasteiger partial charge in [-0.3, -0.25) is 14.5 Å². The van der Waals surface area contributed by atoms with Crippen LogP contribution in [0.2, 0.25) is 0 Å². The fraction of sp³-hybridized carbons (Fsp3) is 0.214. The number of phenolic OH excluding ortho intramolecular Hbond substituents is 1. The highest BCUT2D eigenvalue weighted by molar-refractivity contribution is 6.51. The van der Waals surface area contributed by atoms with E-state index in [4.69, 9.17) is 9.47 Å². The Bertz CT molecular complexity index is 1370. The van der Waals surface area contributed by atoms with Gasteiger partial charge >= 0.3 is 0 Å². The number of carbonyl (C=O) groups excluding carboxylic acids is 2. The van der Waals surface area contributed by atoms with Crippen LogP contribution in [-0.4, -0.2) is 35.1 Å². The minimum atomic E-state index is -1.05. The van der Waals surface area contributed by atoms with E-state index in [1.165, 1.54) is 42.2 Å². The molecule has 2 N–H and O–H groups in total. The van der Waals surface area contributed by atoms with Gasteiger partial charge in [0.2, 0.25) is 0 Å². The number of hydrogen-bond donors (Lipinski definition) is 2. The van der Waals surface area contributed by atoms with E-state index in [0.29, 0.717) is 23.6 Å². The second-order valence-electron chi connectivity index (χ2n) is 8.22. The Morgan fingerprint density at radius 3 is 2.44 bits per heavy atom. The fourth-order valence-corrected chi connectivity index (χ4v) is 4.22. The Morgan fingerprint density at radius 2 is 1.75 bits per heavy atom. The quantitative estimate of drug-likeness (QED) is 0.266. The summed E-state index contributed by atoms with van der Waals surface area (Å²) in [5.41, 5.74) is 1.12. The van der Waals surface area contributed by atoms with Crippen molar-refractivity contribution >= 4 is 23.1 Å². The highest BCUT2D eigenvalue weighted by Crippen LogP contribution is 2.44. The summed E-state index contributed by atoms with van der Waals surface area (Å²) < 4.78 is 25.0. The van der Waals surface area contributed by atoms with Crippen molar-refractivity contribution in [3.05, 3.63) is 88.7 Å². The number of carbonyl (C=O) groups is 2. The molecule has 1 amide bonds. The van der Waals surface area contributed by atoms with Gasteiger partial charge in [0.25, 0.3) is 11.7 Å². The first-order valence-corrected chi connectivity index (χ1v) is 11.5. The van der Waals surface area contributed by atoms with Gasteiger partial charge in [0, 0.05) is 17.3 Å². The summed E-state index contributed by atoms with van der Waals surface area (Å²) in [6.45, 7) is 5.81. The van der Waals surface area contributed by atoms with Gasteiger partial charge in [0.1, 0.15) is 17.3 Å². The van der Waals surface area contributed by atoms with Gasteiger partial charge < -0.3 is 19.7 Å². The van der Waals surface area contributed by atoms with E-state index in [-0.39, 0.29) is 34.8 Å². The zero-order valence-electron chi connectivity index (χ0n) is 20.1. The molecule has 0 aromatic heterocycles. The minimum Gasteiger partial charge on any atom is -0.507 e. The van der Waals surface area contributed by atoms with E-state index in [0.717, 1.165) is 0 Å². The van der Waals surface area contributed by atoms with Crippen LogP contribution >= 0.6 is 0 Å². The molecule has 0 bridgehead atoms. The van der Waals surface area contributed by atoms with E-state index < -0.39 is 29.3 Å². The number of aliphatic hydroxyl groups excluding tert-OH is 1. The first-order chi connectivity index (χ1) is 17.3. The van der Waals surface area contributed by atoms with Crippen LogP contribution in [0.1, 0.15) is 36.6 Å². The molecule has 1 fully saturated rings. The SMILES string of the molecule is CCOc1cccc(N2C(=O)C(=O)/C(=C(\O)c3ccc(F)c(C)c3)C2c2ccc(O)c(OCC)c2)c1. The Hall–Kier alpha value is -4.33. The molecule has 7 nitrogen and oxygen atoms in total. The lowest BCUT2D eigenvalue weighted by Crippen LogP contribution is -2.29. The third-order valence-electron chi connectivity index (χ3n) is 5.88. The number of phenols is 1. The van der Waals surface area contributed by atoms with Crippen LogP contribution in [0.25, 0.3) is 5.76 Å². The molecular formula is C28H26FNO6. The number of halogens is 1. The molecular weight excluding hydrogens is 465 g/mol. The largest absolute Gasteiger partial charge is 0.507 e. The van der Waals surface area contributed by atoms with Crippen molar-refractivity contribution in [2.45, 2.75) is 26.8 Å². The highest BCUT2D eigenvalue weighted by Gasteiger charge is 2.47. The van der Waals surface area contributed by atoms with Crippen molar-refractivity contribution < 1.29 is 33.7 Å². The number of anilines is 1. The van der Waals surface area contributed by atoms with Crippen molar-refractivity contribution in [2.24, 2.45) is 0 Å². The number of ketones is 1. The molecule has 0 aliphatic carbocycles. The topological polar surface area (TPSA) is 96.3 Å². The van der Waals surface area contributed by atoms with Gasteiger partial charge in [0.05, 0.1) is 24.8 Å². The number of aryl methyl sites for hydroxylation is 1. The van der Waals surface area contributed by atoms with Gasteiger partial charge in [0.15, 0.2) is 11.5 Å². The van der Waals surface area contributed by atoms with Gasteiger partial charge in [-0.15, -0.1) is 0 Å². The summed E-state index contributed by atoms with van der Waals surface area (Å²) in [7, 11) is 0. The average Bonchev–Trinajstić information content (AvgIpc) is 3.12. The van der Waals surface area contributed by atoms with Crippen LogP contribution in [-0.2, 0) is 9.59 Å². The fourth-order valence-electron chi connectivity index (χ4n) is 4.22. The number of nitrogens with zero attached hydrogens (tertiary/aromatic N) is 1. The van der Waals surface area contributed by atoms with Crippen LogP contribution in [0.5, 0.6) is 17.2 Å². The summed E-state index contributed by atoms with van der Waals surface area (Å²) in [4.78, 5) is 28.0. The van der Waals surface area contributed by atoms with E-state index in [1.54, 1.807) is 37.3 Å². The summed E-state index contributed by atoms with van der Waals surface area (Å²) in [5.74, 6) is -2.07. The number of amides is 1. The molecule has 8 heteroatoms. The van der Waals surface area contributed by atoms with Crippen LogP contribution < -0.4 is 14.4 Å². The summed E-state index contributed by atoms with van der Waals surface area (Å²) in [6, 6.07) is 14.1. The highest BCUT2D eigenvalue weighted by atomic mass is 19.1. The second kappa shape index (κ2) is 10.1. The maximum atomic E-state index is 13.9. The number of Topliss-reactive ketones (excluding diaryl/α,β-unsaturated/α-hetero) is 1. The maximum Gasteiger partial charge on any atom is 0.300 e. The summed E-state index contributed by atoms with van der Waals surface area (Å²) >= 11 is 0. The average molecular weight is 492 g/mol. The van der Waals surface area contributed by atoms with E-state index in [1.807, 2.05) is 6.92 Å². The van der Waals surface area contributed by atoms with Crippen LogP contribution in [0.4, 0.5) is 10.1 Å². The summed E-state index contributed by atoms with van der Waals surface area (Å²) in [6.07, 6.45) is 0. The second-order valence-corrected chi connectivity index (χ2v) is 8.22. The number of benzene rings is 3. The summed E-state index contributed by atoms with van der Waals surface area (Å²) in [5, 5.41) is 21.5. The molecule has 3 aromatic rings. The van der Waals surface area contributed by atoms with Gasteiger partial charge in [-0.25, -0.2) is 4.39 Å². The smallest absolute Gasteiger partial charge is 0.300 e. The van der Waals surface area contributed by atoms with Crippen molar-refractivity contribution in [2.75, 3.05) is 18.1 Å². The molecule has 1 heterocycles. The van der Waals surface area contributed by atoms with Crippen LogP contribution in [0.15, 0.2) is 66.2 Å². The van der Waals surface area contributed by atoms with Gasteiger partial charge in [-0.2, -0.15) is 0 Å². The van der Waals surface area contributed by atoms with Crippen LogP contribution in [0, 0.1) is 12.7 Å². The molecule has 3 aromatic carbocycles. The molecule has 0 spiro atoms. The predicted molar refractivity (Wildman–Crippen MR) is 133 cm³/mol. The van der Waals surface area contributed by atoms with Crippen molar-refractivity contribution in [3.63, 3.8) is 0 Å². The third-order valence-corrected chi connectivity index (χ3v) is 5.88. The molecule has 0 saturated carbocycles. The van der Waals surface area contributed by atoms with Gasteiger partial charge in [-0.05, 0) is 74.4 Å². The lowest BCUT2D eigenvalue weighted by Gasteiger charge is -2.26. The third kappa shape index (κ3) is 4.49. The lowest BCUT2D eigenvalue weighted by molar-refractivity contribution is -0.132. The molecule has 1 unspecified atom stereocenters. The Kier molecular flexibility index (Phi) is 6.96. The van der Waals surface area contributed by atoms with Crippen molar-refractivity contribution in [1.29, 1.82) is 0 Å². The first kappa shape index (κ1) is 24.8. The van der Waals surface area contributed by atoms with E-state index >= 15 is 0 Å². The molecule has 1 aliphatic heterocycles. The van der Waals surface area contributed by atoms with E-state index in [9.17, 15) is 24.2 Å². The molecule has 186 valence electrons. The van der Waals surface area contributed by atoms with Crippen molar-refractivity contribution in [1.82, 2.24) is 0 Å². The molecule has 4 rings (SSSR count). The predicted octanol–water partition coefficient (Wildman–Crippen LogP) is 5.26. The Labute approximate surface area is 208 Å². The molecule has 1 saturated heterocycles. The Balaban J connectivity index is 1.96. The molecule has 0 radical (unpaired) electrons. The molecule has 1 aliphatic rings. The molecule has 36 heavy (non-hydrogen) atoms. The van der Waals surface area contributed by atoms with E-state index in [2.05, 4.69) is 0 Å². The zero-order chi connectivity index (χ0) is 26.0. The van der Waals surface area contributed by atoms with Gasteiger partial charge in [-0.1, -0.05) is 12.1 Å².